The summed E-state index contributed by atoms with van der Waals surface area (Å²) in [5.74, 6) is 3.02. The molecule has 3 rings (SSSR count). The van der Waals surface area contributed by atoms with Gasteiger partial charge in [-0.1, -0.05) is 12.0 Å². The standard InChI is InChI=1S/C21H19N3O5S/c1-4-11-29-19-10-5-15(13-20(19)28-3)12-18-14(2)23-24(21(18)25)16-6-8-17(9-7-16)30(22,26)27/h1,5-10,12-13H,11H2,2-3H3,(H2,22,26,27)/b18-12+. The van der Waals surface area contributed by atoms with Gasteiger partial charge in [0.15, 0.2) is 11.5 Å². The van der Waals surface area contributed by atoms with E-state index in [-0.39, 0.29) is 17.4 Å². The molecule has 1 amide bonds. The Morgan fingerprint density at radius 2 is 1.90 bits per heavy atom. The predicted octanol–water partition coefficient (Wildman–Crippen LogP) is 2.16. The highest BCUT2D eigenvalue weighted by Crippen LogP contribution is 2.30. The summed E-state index contributed by atoms with van der Waals surface area (Å²) in [4.78, 5) is 12.8. The molecule has 2 N–H and O–H groups in total. The minimum absolute atomic E-state index is 0.0476. The molecule has 0 bridgehead atoms. The monoisotopic (exact) mass is 425 g/mol. The number of carbonyl (C=O) groups excluding carboxylic acids is 1. The Labute approximate surface area is 174 Å². The van der Waals surface area contributed by atoms with E-state index in [2.05, 4.69) is 11.0 Å². The van der Waals surface area contributed by atoms with Crippen LogP contribution in [0.2, 0.25) is 0 Å². The molecule has 0 saturated carbocycles. The smallest absolute Gasteiger partial charge is 0.280 e. The topological polar surface area (TPSA) is 111 Å². The van der Waals surface area contributed by atoms with Crippen LogP contribution in [0.3, 0.4) is 0 Å². The van der Waals surface area contributed by atoms with Crippen molar-refractivity contribution in [2.75, 3.05) is 18.7 Å². The molecule has 0 aromatic heterocycles. The second-order valence-electron chi connectivity index (χ2n) is 6.30. The largest absolute Gasteiger partial charge is 0.493 e. The molecule has 1 aliphatic rings. The normalized spacial score (nSPS) is 15.1. The summed E-state index contributed by atoms with van der Waals surface area (Å²) in [6, 6.07) is 10.8. The lowest BCUT2D eigenvalue weighted by molar-refractivity contribution is -0.114. The summed E-state index contributed by atoms with van der Waals surface area (Å²) in [5, 5.41) is 10.6. The van der Waals surface area contributed by atoms with Crippen LogP contribution in [0.15, 0.2) is 58.0 Å². The van der Waals surface area contributed by atoms with Gasteiger partial charge in [0.05, 0.1) is 29.0 Å². The molecule has 0 fully saturated rings. The van der Waals surface area contributed by atoms with Crippen molar-refractivity contribution >= 4 is 33.4 Å². The Kier molecular flexibility index (Phi) is 5.91. The first kappa shape index (κ1) is 21.1. The summed E-state index contributed by atoms with van der Waals surface area (Å²) in [7, 11) is -2.31. The molecule has 0 unspecified atom stereocenters. The first-order chi connectivity index (χ1) is 14.2. The van der Waals surface area contributed by atoms with E-state index in [9.17, 15) is 13.2 Å². The highest BCUT2D eigenvalue weighted by molar-refractivity contribution is 7.89. The number of nitrogens with zero attached hydrogens (tertiary/aromatic N) is 2. The van der Waals surface area contributed by atoms with E-state index in [4.69, 9.17) is 21.0 Å². The summed E-state index contributed by atoms with van der Waals surface area (Å²) in [6.07, 6.45) is 6.90. The molecule has 0 aliphatic carbocycles. The van der Waals surface area contributed by atoms with Gasteiger partial charge in [0, 0.05) is 0 Å². The minimum atomic E-state index is -3.82. The number of benzene rings is 2. The second-order valence-corrected chi connectivity index (χ2v) is 7.86. The number of sulfonamides is 1. The van der Waals surface area contributed by atoms with E-state index < -0.39 is 10.0 Å². The average Bonchev–Trinajstić information content (AvgIpc) is 3.00. The maximum absolute atomic E-state index is 12.9. The van der Waals surface area contributed by atoms with Crippen LogP contribution in [0.4, 0.5) is 5.69 Å². The number of nitrogens with two attached hydrogens (primary N) is 1. The van der Waals surface area contributed by atoms with Gasteiger partial charge in [0.1, 0.15) is 6.61 Å². The number of anilines is 1. The Hall–Kier alpha value is -3.61. The number of rotatable bonds is 6. The molecule has 0 spiro atoms. The summed E-state index contributed by atoms with van der Waals surface area (Å²) in [5.41, 5.74) is 2.04. The fraction of sp³-hybridized carbons (Fsp3) is 0.143. The van der Waals surface area contributed by atoms with Gasteiger partial charge in [0.25, 0.3) is 5.91 Å². The van der Waals surface area contributed by atoms with Crippen molar-refractivity contribution in [2.45, 2.75) is 11.8 Å². The van der Waals surface area contributed by atoms with Crippen LogP contribution in [-0.4, -0.2) is 33.8 Å². The first-order valence-electron chi connectivity index (χ1n) is 8.73. The third kappa shape index (κ3) is 4.35. The van der Waals surface area contributed by atoms with E-state index >= 15 is 0 Å². The number of hydrogen-bond donors (Lipinski definition) is 1. The third-order valence-electron chi connectivity index (χ3n) is 4.28. The summed E-state index contributed by atoms with van der Waals surface area (Å²) in [6.45, 7) is 1.82. The highest BCUT2D eigenvalue weighted by atomic mass is 32.2. The lowest BCUT2D eigenvalue weighted by atomic mass is 10.1. The molecule has 0 radical (unpaired) electrons. The van der Waals surface area contributed by atoms with Crippen LogP contribution in [0, 0.1) is 12.3 Å². The van der Waals surface area contributed by atoms with Crippen molar-refractivity contribution in [3.05, 3.63) is 53.6 Å². The zero-order chi connectivity index (χ0) is 21.9. The highest BCUT2D eigenvalue weighted by Gasteiger charge is 2.29. The Morgan fingerprint density at radius 1 is 1.20 bits per heavy atom. The van der Waals surface area contributed by atoms with E-state index in [0.29, 0.717) is 34.0 Å². The lowest BCUT2D eigenvalue weighted by Gasteiger charge is -2.12. The minimum Gasteiger partial charge on any atom is -0.493 e. The average molecular weight is 425 g/mol. The maximum Gasteiger partial charge on any atom is 0.280 e. The van der Waals surface area contributed by atoms with Crippen LogP contribution >= 0.6 is 0 Å². The number of methoxy groups -OCH3 is 1. The maximum atomic E-state index is 12.9. The zero-order valence-electron chi connectivity index (χ0n) is 16.3. The molecule has 1 aliphatic heterocycles. The number of amides is 1. The first-order valence-corrected chi connectivity index (χ1v) is 10.3. The fourth-order valence-electron chi connectivity index (χ4n) is 2.82. The molecule has 0 saturated heterocycles. The van der Waals surface area contributed by atoms with E-state index in [0.717, 1.165) is 0 Å². The molecule has 1 heterocycles. The van der Waals surface area contributed by atoms with Gasteiger partial charge in [-0.05, 0) is 55.0 Å². The Bertz CT molecular complexity index is 1190. The van der Waals surface area contributed by atoms with Crippen LogP contribution in [0.25, 0.3) is 6.08 Å². The number of hydrogen-bond acceptors (Lipinski definition) is 6. The van der Waals surface area contributed by atoms with Crippen molar-refractivity contribution in [3.63, 3.8) is 0 Å². The lowest BCUT2D eigenvalue weighted by Crippen LogP contribution is -2.21. The SMILES string of the molecule is C#CCOc1ccc(/C=C2/C(=O)N(c3ccc(S(N)(=O)=O)cc3)N=C2C)cc1OC. The number of hydrazone groups is 1. The van der Waals surface area contributed by atoms with Gasteiger partial charge in [-0.2, -0.15) is 10.1 Å². The van der Waals surface area contributed by atoms with E-state index in [1.807, 2.05) is 0 Å². The van der Waals surface area contributed by atoms with Gasteiger partial charge in [-0.15, -0.1) is 6.42 Å². The van der Waals surface area contributed by atoms with E-state index in [1.165, 1.54) is 36.4 Å². The van der Waals surface area contributed by atoms with Crippen molar-refractivity contribution in [1.29, 1.82) is 0 Å². The Balaban J connectivity index is 1.88. The molecule has 30 heavy (non-hydrogen) atoms. The fourth-order valence-corrected chi connectivity index (χ4v) is 3.33. The number of ether oxygens (including phenoxy) is 2. The van der Waals surface area contributed by atoms with Crippen LogP contribution < -0.4 is 19.6 Å². The Morgan fingerprint density at radius 3 is 2.50 bits per heavy atom. The quantitative estimate of drug-likeness (QED) is 0.563. The molecular formula is C21H19N3O5S. The van der Waals surface area contributed by atoms with Crippen molar-refractivity contribution < 1.29 is 22.7 Å². The van der Waals surface area contributed by atoms with Crippen molar-refractivity contribution in [1.82, 2.24) is 0 Å². The number of terminal acetylenes is 1. The van der Waals surface area contributed by atoms with Gasteiger partial charge >= 0.3 is 0 Å². The molecule has 9 heteroatoms. The molecular weight excluding hydrogens is 406 g/mol. The number of primary sulfonamides is 1. The van der Waals surface area contributed by atoms with Gasteiger partial charge < -0.3 is 9.47 Å². The summed E-state index contributed by atoms with van der Waals surface area (Å²) >= 11 is 0. The zero-order valence-corrected chi connectivity index (χ0v) is 17.1. The molecule has 154 valence electrons. The van der Waals surface area contributed by atoms with Gasteiger partial charge in [-0.3, -0.25) is 4.79 Å². The van der Waals surface area contributed by atoms with Crippen molar-refractivity contribution in [2.24, 2.45) is 10.2 Å². The van der Waals surface area contributed by atoms with Gasteiger partial charge in [0.2, 0.25) is 10.0 Å². The predicted molar refractivity (Wildman–Crippen MR) is 114 cm³/mol. The molecule has 0 atom stereocenters. The van der Waals surface area contributed by atoms with Gasteiger partial charge in [-0.25, -0.2) is 13.6 Å². The second kappa shape index (κ2) is 8.41. The van der Waals surface area contributed by atoms with Crippen LogP contribution in [0.5, 0.6) is 11.5 Å². The molecule has 8 nitrogen and oxygen atoms in total. The molecule has 2 aromatic rings. The van der Waals surface area contributed by atoms with E-state index in [1.54, 1.807) is 31.2 Å². The van der Waals surface area contributed by atoms with Crippen LogP contribution in [0.1, 0.15) is 12.5 Å². The number of carbonyl (C=O) groups is 1. The molecule has 2 aromatic carbocycles. The summed E-state index contributed by atoms with van der Waals surface area (Å²) < 4.78 is 33.5. The van der Waals surface area contributed by atoms with Crippen molar-refractivity contribution in [3.8, 4) is 23.8 Å². The van der Waals surface area contributed by atoms with Crippen LogP contribution in [-0.2, 0) is 14.8 Å². The third-order valence-corrected chi connectivity index (χ3v) is 5.21.